The van der Waals surface area contributed by atoms with E-state index in [9.17, 15) is 0 Å². The molecule has 0 amide bonds. The maximum Gasteiger partial charge on any atom is 0.231 e. The Hall–Kier alpha value is -1.95. The Morgan fingerprint density at radius 2 is 2.00 bits per heavy atom. The van der Waals surface area contributed by atoms with Crippen molar-refractivity contribution in [2.45, 2.75) is 44.6 Å². The van der Waals surface area contributed by atoms with Crippen LogP contribution < -0.4 is 20.1 Å². The highest BCUT2D eigenvalue weighted by atomic mass is 16.7. The molecular weight excluding hydrogens is 318 g/mol. The van der Waals surface area contributed by atoms with Gasteiger partial charge >= 0.3 is 0 Å². The molecule has 2 N–H and O–H groups in total. The molecule has 1 aliphatic carbocycles. The van der Waals surface area contributed by atoms with E-state index in [1.807, 2.05) is 19.9 Å². The van der Waals surface area contributed by atoms with Crippen molar-refractivity contribution in [1.29, 1.82) is 0 Å². The molecule has 6 heteroatoms. The smallest absolute Gasteiger partial charge is 0.231 e. The molecule has 2 aliphatic rings. The molecule has 1 fully saturated rings. The van der Waals surface area contributed by atoms with Gasteiger partial charge in [-0.2, -0.15) is 0 Å². The van der Waals surface area contributed by atoms with Crippen molar-refractivity contribution in [2.75, 3.05) is 33.5 Å². The molecule has 0 unspecified atom stereocenters. The molecule has 0 bridgehead atoms. The summed E-state index contributed by atoms with van der Waals surface area (Å²) >= 11 is 0. The first-order chi connectivity index (χ1) is 12.0. The Kier molecular flexibility index (Phi) is 5.08. The average molecular weight is 347 g/mol. The van der Waals surface area contributed by atoms with E-state index in [-0.39, 0.29) is 11.0 Å². The third-order valence-corrected chi connectivity index (χ3v) is 4.95. The zero-order chi connectivity index (χ0) is 17.9. The zero-order valence-electron chi connectivity index (χ0n) is 15.6. The fraction of sp³-hybridized carbons (Fsp3) is 0.632. The van der Waals surface area contributed by atoms with Crippen molar-refractivity contribution < 1.29 is 14.2 Å². The largest absolute Gasteiger partial charge is 0.454 e. The fourth-order valence-corrected chi connectivity index (χ4v) is 2.87. The van der Waals surface area contributed by atoms with Gasteiger partial charge in [0.15, 0.2) is 17.5 Å². The van der Waals surface area contributed by atoms with E-state index in [0.29, 0.717) is 13.3 Å². The topological polar surface area (TPSA) is 64.1 Å². The molecule has 3 rings (SSSR count). The number of benzene rings is 1. The van der Waals surface area contributed by atoms with Gasteiger partial charge in [-0.05, 0) is 51.3 Å². The zero-order valence-corrected chi connectivity index (χ0v) is 15.6. The highest BCUT2D eigenvalue weighted by Crippen LogP contribution is 2.49. The standard InChI is InChI=1S/C19H29N3O3/c1-5-20-17(21-11-18(2,3)23-4)22-12-19(8-9-19)14-6-7-15-16(10-14)25-13-24-15/h6-7,10H,5,8-9,11-13H2,1-4H3,(H2,20,21,22). The van der Waals surface area contributed by atoms with Gasteiger partial charge in [-0.3, -0.25) is 4.99 Å². The van der Waals surface area contributed by atoms with Crippen molar-refractivity contribution >= 4 is 5.96 Å². The molecule has 25 heavy (non-hydrogen) atoms. The second-order valence-electron chi connectivity index (χ2n) is 7.36. The summed E-state index contributed by atoms with van der Waals surface area (Å²) in [7, 11) is 1.72. The van der Waals surface area contributed by atoms with Crippen LogP contribution in [0.5, 0.6) is 11.5 Å². The van der Waals surface area contributed by atoms with E-state index in [4.69, 9.17) is 14.2 Å². The van der Waals surface area contributed by atoms with Crippen LogP contribution in [0.15, 0.2) is 23.2 Å². The molecule has 0 atom stereocenters. The van der Waals surface area contributed by atoms with Crippen LogP contribution in [0.25, 0.3) is 0 Å². The maximum absolute atomic E-state index is 5.52. The molecule has 0 saturated heterocycles. The summed E-state index contributed by atoms with van der Waals surface area (Å²) in [6.07, 6.45) is 2.34. The van der Waals surface area contributed by atoms with Gasteiger partial charge < -0.3 is 24.8 Å². The second kappa shape index (κ2) is 7.12. The van der Waals surface area contributed by atoms with E-state index < -0.39 is 0 Å². The van der Waals surface area contributed by atoms with Crippen LogP contribution in [0.3, 0.4) is 0 Å². The number of ether oxygens (including phenoxy) is 3. The van der Waals surface area contributed by atoms with E-state index in [2.05, 4.69) is 34.7 Å². The highest BCUT2D eigenvalue weighted by molar-refractivity contribution is 5.80. The molecule has 0 radical (unpaired) electrons. The van der Waals surface area contributed by atoms with Crippen LogP contribution in [0.1, 0.15) is 39.2 Å². The number of nitrogens with one attached hydrogen (secondary N) is 2. The van der Waals surface area contributed by atoms with Crippen molar-refractivity contribution in [3.8, 4) is 11.5 Å². The van der Waals surface area contributed by atoms with Gasteiger partial charge in [0.1, 0.15) is 0 Å². The minimum absolute atomic E-state index is 0.161. The number of methoxy groups -OCH3 is 1. The lowest BCUT2D eigenvalue weighted by Crippen LogP contribution is -2.42. The molecule has 138 valence electrons. The molecular formula is C19H29N3O3. The van der Waals surface area contributed by atoms with E-state index in [1.165, 1.54) is 18.4 Å². The fourth-order valence-electron chi connectivity index (χ4n) is 2.87. The number of hydrogen-bond acceptors (Lipinski definition) is 4. The number of aliphatic imine (C=N–C) groups is 1. The van der Waals surface area contributed by atoms with Crippen LogP contribution in [0.4, 0.5) is 0 Å². The molecule has 0 spiro atoms. The number of nitrogens with zero attached hydrogens (tertiary/aromatic N) is 1. The number of rotatable bonds is 7. The molecule has 1 aliphatic heterocycles. The van der Waals surface area contributed by atoms with Crippen LogP contribution in [0.2, 0.25) is 0 Å². The Balaban J connectivity index is 1.65. The Morgan fingerprint density at radius 3 is 2.68 bits per heavy atom. The van der Waals surface area contributed by atoms with E-state index in [1.54, 1.807) is 7.11 Å². The van der Waals surface area contributed by atoms with Gasteiger partial charge in [-0.15, -0.1) is 0 Å². The van der Waals surface area contributed by atoms with E-state index in [0.717, 1.165) is 30.5 Å². The number of guanidine groups is 1. The average Bonchev–Trinajstić information content (AvgIpc) is 3.25. The highest BCUT2D eigenvalue weighted by Gasteiger charge is 2.44. The number of fused-ring (bicyclic) bond motifs is 1. The van der Waals surface area contributed by atoms with Crippen LogP contribution >= 0.6 is 0 Å². The van der Waals surface area contributed by atoms with Crippen molar-refractivity contribution in [3.05, 3.63) is 23.8 Å². The predicted octanol–water partition coefficient (Wildman–Crippen LogP) is 2.43. The molecule has 0 aromatic heterocycles. The second-order valence-corrected chi connectivity index (χ2v) is 7.36. The quantitative estimate of drug-likeness (QED) is 0.586. The summed E-state index contributed by atoms with van der Waals surface area (Å²) in [6, 6.07) is 6.29. The first-order valence-corrected chi connectivity index (χ1v) is 8.95. The van der Waals surface area contributed by atoms with Gasteiger partial charge in [0, 0.05) is 25.6 Å². The van der Waals surface area contributed by atoms with Gasteiger partial charge in [-0.1, -0.05) is 6.07 Å². The third-order valence-electron chi connectivity index (χ3n) is 4.95. The molecule has 6 nitrogen and oxygen atoms in total. The lowest BCUT2D eigenvalue weighted by Gasteiger charge is -2.22. The van der Waals surface area contributed by atoms with Crippen LogP contribution in [-0.4, -0.2) is 45.1 Å². The van der Waals surface area contributed by atoms with Crippen molar-refractivity contribution in [2.24, 2.45) is 4.99 Å². The Labute approximate surface area is 149 Å². The van der Waals surface area contributed by atoms with Gasteiger partial charge in [0.2, 0.25) is 6.79 Å². The summed E-state index contributed by atoms with van der Waals surface area (Å²) in [5.41, 5.74) is 1.20. The summed E-state index contributed by atoms with van der Waals surface area (Å²) < 4.78 is 16.4. The summed E-state index contributed by atoms with van der Waals surface area (Å²) in [5.74, 6) is 2.52. The normalized spacial score (nSPS) is 18.2. The first-order valence-electron chi connectivity index (χ1n) is 8.95. The SMILES string of the molecule is CCNC(=NCC(C)(C)OC)NCC1(c2ccc3c(c2)OCO3)CC1. The van der Waals surface area contributed by atoms with Crippen molar-refractivity contribution in [1.82, 2.24) is 10.6 Å². The summed E-state index contributed by atoms with van der Waals surface area (Å²) in [5, 5.41) is 6.81. The molecule has 1 saturated carbocycles. The van der Waals surface area contributed by atoms with Gasteiger partial charge in [-0.25, -0.2) is 0 Å². The van der Waals surface area contributed by atoms with E-state index >= 15 is 0 Å². The Morgan fingerprint density at radius 1 is 1.24 bits per heavy atom. The van der Waals surface area contributed by atoms with Gasteiger partial charge in [0.05, 0.1) is 12.1 Å². The molecule has 1 aromatic carbocycles. The summed E-state index contributed by atoms with van der Waals surface area (Å²) in [6.45, 7) is 8.75. The maximum atomic E-state index is 5.52. The summed E-state index contributed by atoms with van der Waals surface area (Å²) in [4.78, 5) is 4.66. The monoisotopic (exact) mass is 347 g/mol. The van der Waals surface area contributed by atoms with Gasteiger partial charge in [0.25, 0.3) is 0 Å². The minimum Gasteiger partial charge on any atom is -0.454 e. The molecule has 1 aromatic rings. The lowest BCUT2D eigenvalue weighted by atomic mass is 9.95. The lowest BCUT2D eigenvalue weighted by molar-refractivity contribution is 0.0310. The Bertz CT molecular complexity index is 639. The number of hydrogen-bond donors (Lipinski definition) is 2. The van der Waals surface area contributed by atoms with Crippen LogP contribution in [0, 0.1) is 0 Å². The molecule has 1 heterocycles. The van der Waals surface area contributed by atoms with Crippen LogP contribution in [-0.2, 0) is 10.2 Å². The third kappa shape index (κ3) is 4.18. The minimum atomic E-state index is -0.267. The first kappa shape index (κ1) is 17.9. The predicted molar refractivity (Wildman–Crippen MR) is 98.5 cm³/mol. The van der Waals surface area contributed by atoms with Crippen molar-refractivity contribution in [3.63, 3.8) is 0 Å².